The Morgan fingerprint density at radius 3 is 2.45 bits per heavy atom. The molecule has 1 aromatic heterocycles. The molecule has 7 nitrogen and oxygen atoms in total. The van der Waals surface area contributed by atoms with Crippen LogP contribution in [0.2, 0.25) is 0 Å². The zero-order valence-electron chi connectivity index (χ0n) is 18.0. The number of benzene rings is 2. The molecule has 31 heavy (non-hydrogen) atoms. The topological polar surface area (TPSA) is 86.1 Å². The highest BCUT2D eigenvalue weighted by Gasteiger charge is 2.31. The zero-order valence-corrected chi connectivity index (χ0v) is 18.8. The van der Waals surface area contributed by atoms with Crippen molar-refractivity contribution in [1.29, 1.82) is 0 Å². The molecule has 1 amide bonds. The summed E-state index contributed by atoms with van der Waals surface area (Å²) in [5, 5.41) is 0.622. The van der Waals surface area contributed by atoms with Gasteiger partial charge in [0.2, 0.25) is 9.84 Å². The van der Waals surface area contributed by atoms with E-state index in [1.165, 1.54) is 13.2 Å². The van der Waals surface area contributed by atoms with Crippen LogP contribution in [-0.2, 0) is 27.5 Å². The van der Waals surface area contributed by atoms with Crippen LogP contribution in [0.5, 0.6) is 5.75 Å². The molecular weight excluding hydrogens is 418 g/mol. The van der Waals surface area contributed by atoms with Crippen molar-refractivity contribution < 1.29 is 27.1 Å². The van der Waals surface area contributed by atoms with Crippen LogP contribution in [0.25, 0.3) is 11.0 Å². The van der Waals surface area contributed by atoms with Crippen LogP contribution in [0, 0.1) is 0 Å². The molecule has 1 aliphatic rings. The van der Waals surface area contributed by atoms with E-state index in [2.05, 4.69) is 0 Å². The number of nitrogens with zero attached hydrogens (tertiary/aromatic N) is 1. The molecule has 0 bridgehead atoms. The first-order valence-electron chi connectivity index (χ1n) is 10.0. The summed E-state index contributed by atoms with van der Waals surface area (Å²) in [5.74, 6) is 1.06. The van der Waals surface area contributed by atoms with Crippen molar-refractivity contribution in [3.63, 3.8) is 0 Å². The van der Waals surface area contributed by atoms with Crippen molar-refractivity contribution in [3.05, 3.63) is 53.8 Å². The predicted molar refractivity (Wildman–Crippen MR) is 115 cm³/mol. The smallest absolute Gasteiger partial charge is 0.410 e. The fourth-order valence-corrected chi connectivity index (χ4v) is 4.97. The highest BCUT2D eigenvalue weighted by molar-refractivity contribution is 7.91. The lowest BCUT2D eigenvalue weighted by atomic mass is 10.0. The van der Waals surface area contributed by atoms with E-state index in [-0.39, 0.29) is 16.3 Å². The number of ether oxygens (including phenoxy) is 2. The van der Waals surface area contributed by atoms with Gasteiger partial charge in [-0.2, -0.15) is 0 Å². The number of hydrogen-bond acceptors (Lipinski definition) is 6. The lowest BCUT2D eigenvalue weighted by Crippen LogP contribution is -2.39. The third-order valence-electron chi connectivity index (χ3n) is 5.11. The Balaban J connectivity index is 1.79. The maximum atomic E-state index is 13.2. The van der Waals surface area contributed by atoms with Crippen LogP contribution >= 0.6 is 0 Å². The molecule has 0 aliphatic carbocycles. The number of carbonyl (C=O) groups excluding carboxylic acids is 1. The lowest BCUT2D eigenvalue weighted by molar-refractivity contribution is 0.0220. The number of methoxy groups -OCH3 is 1. The largest absolute Gasteiger partial charge is 0.493 e. The first kappa shape index (κ1) is 21.2. The Bertz CT molecular complexity index is 1240. The molecule has 0 N–H and O–H groups in total. The van der Waals surface area contributed by atoms with Crippen molar-refractivity contribution in [2.75, 3.05) is 13.7 Å². The van der Waals surface area contributed by atoms with Gasteiger partial charge in [-0.1, -0.05) is 18.2 Å². The molecule has 1 aliphatic heterocycles. The minimum atomic E-state index is -3.75. The van der Waals surface area contributed by atoms with Gasteiger partial charge in [0.15, 0.2) is 11.3 Å². The number of carbonyl (C=O) groups is 1. The Hall–Kier alpha value is -3.00. The molecule has 4 rings (SSSR count). The van der Waals surface area contributed by atoms with E-state index >= 15 is 0 Å². The van der Waals surface area contributed by atoms with Crippen LogP contribution in [0.1, 0.15) is 32.1 Å². The molecule has 3 aromatic rings. The Kier molecular flexibility index (Phi) is 5.21. The van der Waals surface area contributed by atoms with Crippen molar-refractivity contribution in [2.45, 2.75) is 49.1 Å². The van der Waals surface area contributed by atoms with E-state index in [9.17, 15) is 13.2 Å². The summed E-state index contributed by atoms with van der Waals surface area (Å²) >= 11 is 0. The molecule has 164 valence electrons. The first-order valence-corrected chi connectivity index (χ1v) is 11.5. The van der Waals surface area contributed by atoms with Gasteiger partial charge >= 0.3 is 6.09 Å². The summed E-state index contributed by atoms with van der Waals surface area (Å²) in [7, 11) is -2.27. The predicted octanol–water partition coefficient (Wildman–Crippen LogP) is 4.57. The Morgan fingerprint density at radius 2 is 1.81 bits per heavy atom. The van der Waals surface area contributed by atoms with Gasteiger partial charge in [-0.3, -0.25) is 0 Å². The van der Waals surface area contributed by atoms with Gasteiger partial charge in [-0.25, -0.2) is 13.2 Å². The van der Waals surface area contributed by atoms with Crippen LogP contribution < -0.4 is 4.74 Å². The fraction of sp³-hybridized carbons (Fsp3) is 0.348. The van der Waals surface area contributed by atoms with Gasteiger partial charge in [0, 0.05) is 30.0 Å². The molecule has 0 spiro atoms. The number of fused-ring (bicyclic) bond motifs is 3. The maximum absolute atomic E-state index is 13.2. The fourth-order valence-electron chi connectivity index (χ4n) is 3.65. The molecule has 0 saturated carbocycles. The highest BCUT2D eigenvalue weighted by atomic mass is 32.2. The minimum absolute atomic E-state index is 0.112. The van der Waals surface area contributed by atoms with E-state index in [1.54, 1.807) is 41.3 Å². The third-order valence-corrected chi connectivity index (χ3v) is 6.86. The van der Waals surface area contributed by atoms with Crippen LogP contribution in [0.4, 0.5) is 4.79 Å². The standard InChI is InChI=1S/C23H25NO6S/c1-23(2,3)30-22(25)24-11-10-19-18(14-24)17-12-16(13-20(28-4)21(17)29-19)31(26,27)15-8-6-5-7-9-15/h5-9,12-13H,10-11,14H2,1-4H3. The van der Waals surface area contributed by atoms with Gasteiger partial charge in [0.25, 0.3) is 0 Å². The van der Waals surface area contributed by atoms with E-state index in [0.717, 1.165) is 11.3 Å². The number of furan rings is 1. The number of sulfone groups is 1. The van der Waals surface area contributed by atoms with Crippen molar-refractivity contribution >= 4 is 26.9 Å². The summed E-state index contributed by atoms with van der Waals surface area (Å²) in [6, 6.07) is 11.3. The average molecular weight is 444 g/mol. The first-order chi connectivity index (χ1) is 14.6. The summed E-state index contributed by atoms with van der Waals surface area (Å²) in [6.07, 6.45) is 0.0974. The summed E-state index contributed by atoms with van der Waals surface area (Å²) in [5.41, 5.74) is 0.650. The quantitative estimate of drug-likeness (QED) is 0.590. The zero-order chi connectivity index (χ0) is 22.4. The molecular formula is C23H25NO6S. The van der Waals surface area contributed by atoms with Gasteiger partial charge < -0.3 is 18.8 Å². The minimum Gasteiger partial charge on any atom is -0.493 e. The number of amides is 1. The van der Waals surface area contributed by atoms with E-state index in [4.69, 9.17) is 13.9 Å². The second kappa shape index (κ2) is 7.60. The molecule has 0 unspecified atom stereocenters. The van der Waals surface area contributed by atoms with E-state index in [1.807, 2.05) is 20.8 Å². The molecule has 2 aromatic carbocycles. The molecule has 0 atom stereocenters. The number of rotatable bonds is 3. The van der Waals surface area contributed by atoms with Gasteiger partial charge in [0.05, 0.1) is 23.4 Å². The number of hydrogen-bond donors (Lipinski definition) is 0. The molecule has 2 heterocycles. The summed E-state index contributed by atoms with van der Waals surface area (Å²) < 4.78 is 43.4. The summed E-state index contributed by atoms with van der Waals surface area (Å²) in [4.78, 5) is 14.5. The van der Waals surface area contributed by atoms with Crippen LogP contribution in [0.15, 0.2) is 56.7 Å². The Morgan fingerprint density at radius 1 is 1.10 bits per heavy atom. The Labute approximate surface area is 181 Å². The second-order valence-electron chi connectivity index (χ2n) is 8.47. The third kappa shape index (κ3) is 3.99. The highest BCUT2D eigenvalue weighted by Crippen LogP contribution is 2.39. The van der Waals surface area contributed by atoms with Gasteiger partial charge in [-0.05, 0) is 39.0 Å². The van der Waals surface area contributed by atoms with Crippen LogP contribution in [-0.4, -0.2) is 38.7 Å². The van der Waals surface area contributed by atoms with Crippen molar-refractivity contribution in [3.8, 4) is 5.75 Å². The summed E-state index contributed by atoms with van der Waals surface area (Å²) in [6.45, 7) is 6.19. The van der Waals surface area contributed by atoms with E-state index in [0.29, 0.717) is 29.7 Å². The second-order valence-corrected chi connectivity index (χ2v) is 10.4. The van der Waals surface area contributed by atoms with Gasteiger partial charge in [-0.15, -0.1) is 0 Å². The molecule has 0 fully saturated rings. The molecule has 8 heteroatoms. The SMILES string of the molecule is COc1cc(S(=O)(=O)c2ccccc2)cc2c3c(oc12)CCN(C(=O)OC(C)(C)C)C3. The molecule has 0 radical (unpaired) electrons. The van der Waals surface area contributed by atoms with Crippen molar-refractivity contribution in [2.24, 2.45) is 0 Å². The monoisotopic (exact) mass is 443 g/mol. The van der Waals surface area contributed by atoms with Crippen molar-refractivity contribution in [1.82, 2.24) is 4.90 Å². The maximum Gasteiger partial charge on any atom is 0.410 e. The lowest BCUT2D eigenvalue weighted by Gasteiger charge is -2.29. The van der Waals surface area contributed by atoms with Crippen LogP contribution in [0.3, 0.4) is 0 Å². The average Bonchev–Trinajstić information content (AvgIpc) is 3.10. The molecule has 0 saturated heterocycles. The van der Waals surface area contributed by atoms with Gasteiger partial charge in [0.1, 0.15) is 11.4 Å². The van der Waals surface area contributed by atoms with E-state index < -0.39 is 21.5 Å². The normalized spacial score (nSPS) is 14.4.